The van der Waals surface area contributed by atoms with Crippen LogP contribution in [0.4, 0.5) is 0 Å². The summed E-state index contributed by atoms with van der Waals surface area (Å²) in [7, 11) is 3.24. The minimum Gasteiger partial charge on any atom is -0.497 e. The van der Waals surface area contributed by atoms with Gasteiger partial charge in [-0.2, -0.15) is 0 Å². The van der Waals surface area contributed by atoms with Crippen LogP contribution in [-0.2, 0) is 26.4 Å². The van der Waals surface area contributed by atoms with Gasteiger partial charge in [-0.1, -0.05) is 115 Å². The minimum absolute atomic E-state index is 0.0940. The van der Waals surface area contributed by atoms with Gasteiger partial charge in [-0.05, 0) is 117 Å². The molecular formula is C55H42N2O8. The second-order valence-corrected chi connectivity index (χ2v) is 16.9. The molecule has 2 heterocycles. The second kappa shape index (κ2) is 15.1. The van der Waals surface area contributed by atoms with Gasteiger partial charge in [-0.3, -0.25) is 14.3 Å². The summed E-state index contributed by atoms with van der Waals surface area (Å²) < 4.78 is 33.0. The zero-order valence-corrected chi connectivity index (χ0v) is 35.5. The van der Waals surface area contributed by atoms with Crippen molar-refractivity contribution in [1.29, 1.82) is 0 Å². The van der Waals surface area contributed by atoms with Crippen LogP contribution in [0.2, 0.25) is 0 Å². The molecule has 12 rings (SSSR count). The summed E-state index contributed by atoms with van der Waals surface area (Å²) >= 11 is 0. The lowest BCUT2D eigenvalue weighted by Gasteiger charge is -2.37. The number of nitrogens with zero attached hydrogens (tertiary/aromatic N) is 1. The quantitative estimate of drug-likeness (QED) is 0.0708. The van der Waals surface area contributed by atoms with Crippen LogP contribution < -0.4 is 20.7 Å². The Morgan fingerprint density at radius 1 is 0.615 bits per heavy atom. The highest BCUT2D eigenvalue weighted by Gasteiger charge is 2.48. The van der Waals surface area contributed by atoms with Crippen LogP contribution in [-0.4, -0.2) is 53.8 Å². The smallest absolute Gasteiger partial charge is 0.330 e. The fraction of sp³-hybridized carbons (Fsp3) is 0.164. The molecule has 0 amide bonds. The van der Waals surface area contributed by atoms with Crippen LogP contribution >= 0.6 is 0 Å². The number of rotatable bonds is 12. The standard InChI is InChI=1S/C55H42N2O8/c1-61-40-21-17-38(18-22-40)55(37-6-4-3-5-7-37,39-19-23-41(62-2)24-20-39)64-30-43-51(59)52(53(65-43)57-27-26-44(58)56-54(57)60)63-29-36-28-35-15-14-33-11-9-31-8-10-32-12-13-34-16-25-42(36)50-48(34)46(32)45(31)47(33)49(35)50/h3-28,43,51-53,59H,29-30H2,1-2H3,(H,56,58,60)/t43-,51-,52-,53-/m1/s1. The maximum absolute atomic E-state index is 13.5. The molecule has 1 saturated heterocycles. The molecule has 10 aromatic carbocycles. The molecule has 0 bridgehead atoms. The van der Waals surface area contributed by atoms with Crippen LogP contribution in [0.15, 0.2) is 167 Å². The van der Waals surface area contributed by atoms with E-state index < -0.39 is 41.4 Å². The highest BCUT2D eigenvalue weighted by Crippen LogP contribution is 2.49. The third-order valence-electron chi connectivity index (χ3n) is 13.6. The van der Waals surface area contributed by atoms with Gasteiger partial charge in [0.25, 0.3) is 5.56 Å². The van der Waals surface area contributed by atoms with E-state index >= 15 is 0 Å². The van der Waals surface area contributed by atoms with Crippen LogP contribution in [0.1, 0.15) is 28.5 Å². The zero-order chi connectivity index (χ0) is 44.0. The molecule has 0 spiro atoms. The summed E-state index contributed by atoms with van der Waals surface area (Å²) in [5.74, 6) is 1.37. The Labute approximate surface area is 371 Å². The monoisotopic (exact) mass is 858 g/mol. The van der Waals surface area contributed by atoms with Gasteiger partial charge >= 0.3 is 5.69 Å². The molecule has 11 aromatic rings. The van der Waals surface area contributed by atoms with Gasteiger partial charge in [0.15, 0.2) is 6.23 Å². The van der Waals surface area contributed by atoms with Crippen molar-refractivity contribution in [1.82, 2.24) is 9.55 Å². The Bertz CT molecular complexity index is 3540. The molecule has 10 nitrogen and oxygen atoms in total. The highest BCUT2D eigenvalue weighted by molar-refractivity contribution is 6.44. The molecule has 1 aromatic heterocycles. The van der Waals surface area contributed by atoms with E-state index in [9.17, 15) is 14.7 Å². The number of aromatic nitrogens is 2. The molecule has 0 aliphatic carbocycles. The Hall–Kier alpha value is -7.34. The van der Waals surface area contributed by atoms with Gasteiger partial charge in [0.2, 0.25) is 0 Å². The number of aliphatic hydroxyl groups excluding tert-OH is 1. The Morgan fingerprint density at radius 3 is 1.68 bits per heavy atom. The van der Waals surface area contributed by atoms with Gasteiger partial charge in [0.05, 0.1) is 27.4 Å². The van der Waals surface area contributed by atoms with E-state index in [-0.39, 0.29) is 13.2 Å². The number of H-pyrrole nitrogens is 1. The molecule has 10 heteroatoms. The number of aromatic amines is 1. The maximum atomic E-state index is 13.5. The molecule has 0 unspecified atom stereocenters. The molecule has 1 aliphatic rings. The lowest BCUT2D eigenvalue weighted by Crippen LogP contribution is -2.41. The number of nitrogens with one attached hydrogen (secondary N) is 1. The summed E-state index contributed by atoms with van der Waals surface area (Å²) in [6.07, 6.45) is -3.05. The van der Waals surface area contributed by atoms with Crippen molar-refractivity contribution >= 4 is 64.6 Å². The molecule has 4 atom stereocenters. The first-order valence-electron chi connectivity index (χ1n) is 21.7. The Balaban J connectivity index is 0.948. The SMILES string of the molecule is COc1ccc(C(OC[C@H]2O[C@@H](n3ccc(=O)[nH]c3=O)[C@H](OCc3cc4ccc5ccc6ccc7ccc8ccc3c3c8c7c6c5c43)[C@@H]2O)(c2ccccc2)c2ccc(OC)cc2)cc1. The van der Waals surface area contributed by atoms with Crippen LogP contribution in [0, 0.1) is 0 Å². The van der Waals surface area contributed by atoms with Crippen molar-refractivity contribution in [2.24, 2.45) is 0 Å². The summed E-state index contributed by atoms with van der Waals surface area (Å²) in [6.45, 7) is -0.0266. The Morgan fingerprint density at radius 2 is 1.12 bits per heavy atom. The van der Waals surface area contributed by atoms with Crippen molar-refractivity contribution < 1.29 is 28.8 Å². The van der Waals surface area contributed by atoms with E-state index in [1.165, 1.54) is 70.7 Å². The predicted octanol–water partition coefficient (Wildman–Crippen LogP) is 9.64. The predicted molar refractivity (Wildman–Crippen MR) is 253 cm³/mol. The first-order chi connectivity index (χ1) is 31.8. The van der Waals surface area contributed by atoms with Crippen LogP contribution in [0.3, 0.4) is 0 Å². The largest absolute Gasteiger partial charge is 0.497 e. The number of methoxy groups -OCH3 is 2. The Kier molecular flexibility index (Phi) is 9.15. The molecule has 1 fully saturated rings. The van der Waals surface area contributed by atoms with Gasteiger partial charge in [-0.25, -0.2) is 4.79 Å². The summed E-state index contributed by atoms with van der Waals surface area (Å²) in [5.41, 5.74) is 0.932. The first kappa shape index (κ1) is 39.3. The first-order valence-corrected chi connectivity index (χ1v) is 21.7. The average Bonchev–Trinajstić information content (AvgIpc) is 3.66. The number of hydrogen-bond acceptors (Lipinski definition) is 8. The summed E-state index contributed by atoms with van der Waals surface area (Å²) in [6, 6.07) is 50.6. The molecule has 65 heavy (non-hydrogen) atoms. The molecule has 0 saturated carbocycles. The molecule has 0 radical (unpaired) electrons. The number of aliphatic hydroxyl groups is 1. The van der Waals surface area contributed by atoms with E-state index in [4.69, 9.17) is 23.7 Å². The minimum atomic E-state index is -1.27. The fourth-order valence-corrected chi connectivity index (χ4v) is 10.5. The zero-order valence-electron chi connectivity index (χ0n) is 35.5. The van der Waals surface area contributed by atoms with Crippen molar-refractivity contribution in [3.8, 4) is 11.5 Å². The van der Waals surface area contributed by atoms with Crippen molar-refractivity contribution in [2.75, 3.05) is 20.8 Å². The lowest BCUT2D eigenvalue weighted by atomic mass is 9.80. The van der Waals surface area contributed by atoms with Gasteiger partial charge < -0.3 is 28.8 Å². The van der Waals surface area contributed by atoms with E-state index in [0.29, 0.717) is 11.5 Å². The molecule has 2 N–H and O–H groups in total. The highest BCUT2D eigenvalue weighted by atomic mass is 16.6. The normalized spacial score (nSPS) is 18.1. The van der Waals surface area contributed by atoms with Crippen molar-refractivity contribution in [3.05, 3.63) is 201 Å². The number of ether oxygens (including phenoxy) is 5. The van der Waals surface area contributed by atoms with Gasteiger partial charge in [0.1, 0.15) is 35.4 Å². The molecule has 1 aliphatic heterocycles. The second-order valence-electron chi connectivity index (χ2n) is 16.9. The van der Waals surface area contributed by atoms with E-state index in [1.54, 1.807) is 14.2 Å². The third kappa shape index (κ3) is 6.02. The van der Waals surface area contributed by atoms with E-state index in [0.717, 1.165) is 33.0 Å². The van der Waals surface area contributed by atoms with Gasteiger partial charge in [0, 0.05) is 12.3 Å². The van der Waals surface area contributed by atoms with Crippen LogP contribution in [0.25, 0.3) is 64.6 Å². The van der Waals surface area contributed by atoms with Gasteiger partial charge in [-0.15, -0.1) is 0 Å². The third-order valence-corrected chi connectivity index (χ3v) is 13.6. The summed E-state index contributed by atoms with van der Waals surface area (Å²) in [5, 5.41) is 26.7. The number of benzene rings is 10. The topological polar surface area (TPSA) is 121 Å². The molecular weight excluding hydrogens is 817 g/mol. The molecule has 320 valence electrons. The van der Waals surface area contributed by atoms with Crippen molar-refractivity contribution in [3.63, 3.8) is 0 Å². The van der Waals surface area contributed by atoms with E-state index in [1.807, 2.05) is 78.9 Å². The fourth-order valence-electron chi connectivity index (χ4n) is 10.5. The van der Waals surface area contributed by atoms with Crippen LogP contribution in [0.5, 0.6) is 11.5 Å². The average molecular weight is 859 g/mol. The number of hydrogen-bond donors (Lipinski definition) is 2. The lowest BCUT2D eigenvalue weighted by molar-refractivity contribution is -0.0990. The summed E-state index contributed by atoms with van der Waals surface area (Å²) in [4.78, 5) is 28.1. The van der Waals surface area contributed by atoms with Crippen molar-refractivity contribution in [2.45, 2.75) is 36.7 Å². The van der Waals surface area contributed by atoms with E-state index in [2.05, 4.69) is 71.7 Å². The maximum Gasteiger partial charge on any atom is 0.330 e.